The summed E-state index contributed by atoms with van der Waals surface area (Å²) in [5.41, 5.74) is 4.87. The Morgan fingerprint density at radius 1 is 1.62 bits per heavy atom. The van der Waals surface area contributed by atoms with Crippen molar-refractivity contribution in [2.24, 2.45) is 5.73 Å². The topological polar surface area (TPSA) is 68.0 Å². The van der Waals surface area contributed by atoms with Gasteiger partial charge in [0.1, 0.15) is 5.82 Å². The van der Waals surface area contributed by atoms with Crippen molar-refractivity contribution in [3.05, 3.63) is 24.1 Å². The summed E-state index contributed by atoms with van der Waals surface area (Å²) in [5, 5.41) is 2.49. The van der Waals surface area contributed by atoms with Gasteiger partial charge in [0.25, 0.3) is 0 Å². The minimum absolute atomic E-state index is 0.178. The van der Waals surface area contributed by atoms with Crippen LogP contribution in [0.2, 0.25) is 0 Å². The first-order chi connectivity index (χ1) is 7.45. The standard InChI is InChI=1S/C11H16FN3O/c1-3-7-11(2,13)10(16)15-9-6-4-5-8(12)14-9/h4-6H,3,7,13H2,1-2H3,(H,14,15,16). The van der Waals surface area contributed by atoms with Crippen molar-refractivity contribution in [3.63, 3.8) is 0 Å². The Kier molecular flexibility index (Phi) is 3.95. The fourth-order valence-corrected chi connectivity index (χ4v) is 1.37. The number of hydrogen-bond donors (Lipinski definition) is 2. The van der Waals surface area contributed by atoms with Gasteiger partial charge in [-0.3, -0.25) is 4.79 Å². The lowest BCUT2D eigenvalue weighted by Crippen LogP contribution is -2.48. The highest BCUT2D eigenvalue weighted by Crippen LogP contribution is 2.12. The van der Waals surface area contributed by atoms with Crippen molar-refractivity contribution in [2.45, 2.75) is 32.2 Å². The number of carbonyl (C=O) groups excluding carboxylic acids is 1. The summed E-state index contributed by atoms with van der Waals surface area (Å²) in [5.74, 6) is -0.808. The molecule has 1 rings (SSSR count). The third-order valence-electron chi connectivity index (χ3n) is 2.24. The first-order valence-electron chi connectivity index (χ1n) is 5.18. The Morgan fingerprint density at radius 2 is 2.31 bits per heavy atom. The molecule has 0 saturated carbocycles. The van der Waals surface area contributed by atoms with E-state index < -0.39 is 11.5 Å². The number of anilines is 1. The highest BCUT2D eigenvalue weighted by Gasteiger charge is 2.27. The third-order valence-corrected chi connectivity index (χ3v) is 2.24. The second kappa shape index (κ2) is 5.03. The minimum atomic E-state index is -0.956. The quantitative estimate of drug-likeness (QED) is 0.766. The lowest BCUT2D eigenvalue weighted by molar-refractivity contribution is -0.120. The van der Waals surface area contributed by atoms with Crippen molar-refractivity contribution in [3.8, 4) is 0 Å². The van der Waals surface area contributed by atoms with Crippen LogP contribution in [0.5, 0.6) is 0 Å². The van der Waals surface area contributed by atoms with Crippen molar-refractivity contribution >= 4 is 11.7 Å². The van der Waals surface area contributed by atoms with Crippen LogP contribution in [0.15, 0.2) is 18.2 Å². The number of nitrogens with zero attached hydrogens (tertiary/aromatic N) is 1. The number of hydrogen-bond acceptors (Lipinski definition) is 3. The van der Waals surface area contributed by atoms with Gasteiger partial charge in [-0.1, -0.05) is 19.4 Å². The monoisotopic (exact) mass is 225 g/mol. The molecule has 0 fully saturated rings. The molecule has 88 valence electrons. The Hall–Kier alpha value is -1.49. The summed E-state index contributed by atoms with van der Waals surface area (Å²) in [6.45, 7) is 3.59. The maximum absolute atomic E-state index is 12.8. The van der Waals surface area contributed by atoms with E-state index in [2.05, 4.69) is 10.3 Å². The summed E-state index contributed by atoms with van der Waals surface area (Å²) in [6.07, 6.45) is 1.37. The second-order valence-corrected chi connectivity index (χ2v) is 3.97. The van der Waals surface area contributed by atoms with Crippen LogP contribution >= 0.6 is 0 Å². The normalized spacial score (nSPS) is 14.2. The van der Waals surface area contributed by atoms with Crippen LogP contribution in [-0.2, 0) is 4.79 Å². The zero-order valence-corrected chi connectivity index (χ0v) is 9.46. The lowest BCUT2D eigenvalue weighted by Gasteiger charge is -2.22. The summed E-state index contributed by atoms with van der Waals surface area (Å²) in [4.78, 5) is 15.3. The highest BCUT2D eigenvalue weighted by atomic mass is 19.1. The molecule has 0 aliphatic carbocycles. The van der Waals surface area contributed by atoms with E-state index in [1.807, 2.05) is 6.92 Å². The number of pyridine rings is 1. The molecule has 0 saturated heterocycles. The summed E-state index contributed by atoms with van der Waals surface area (Å²) in [6, 6.07) is 4.21. The van der Waals surface area contributed by atoms with Crippen LogP contribution in [0.3, 0.4) is 0 Å². The molecule has 0 bridgehead atoms. The van der Waals surface area contributed by atoms with Gasteiger partial charge in [-0.05, 0) is 25.5 Å². The van der Waals surface area contributed by atoms with E-state index in [0.29, 0.717) is 6.42 Å². The predicted octanol–water partition coefficient (Wildman–Crippen LogP) is 1.68. The number of amides is 1. The SMILES string of the molecule is CCCC(C)(N)C(=O)Nc1cccc(F)n1. The number of nitrogens with one attached hydrogen (secondary N) is 1. The Bertz CT molecular complexity index is 379. The zero-order valence-electron chi connectivity index (χ0n) is 9.46. The molecule has 0 aliphatic heterocycles. The van der Waals surface area contributed by atoms with Crippen LogP contribution in [0.4, 0.5) is 10.2 Å². The predicted molar refractivity (Wildman–Crippen MR) is 60.3 cm³/mol. The maximum atomic E-state index is 12.8. The van der Waals surface area contributed by atoms with Crippen molar-refractivity contribution in [2.75, 3.05) is 5.32 Å². The molecule has 1 unspecified atom stereocenters. The zero-order chi connectivity index (χ0) is 12.2. The van der Waals surface area contributed by atoms with Gasteiger partial charge in [0.15, 0.2) is 0 Å². The molecule has 5 heteroatoms. The minimum Gasteiger partial charge on any atom is -0.318 e. The van der Waals surface area contributed by atoms with Gasteiger partial charge in [-0.25, -0.2) is 4.98 Å². The van der Waals surface area contributed by atoms with Gasteiger partial charge >= 0.3 is 0 Å². The molecule has 16 heavy (non-hydrogen) atoms. The molecule has 1 amide bonds. The van der Waals surface area contributed by atoms with Crippen LogP contribution in [-0.4, -0.2) is 16.4 Å². The smallest absolute Gasteiger partial charge is 0.245 e. The van der Waals surface area contributed by atoms with Crippen molar-refractivity contribution in [1.82, 2.24) is 4.98 Å². The van der Waals surface area contributed by atoms with Crippen molar-refractivity contribution < 1.29 is 9.18 Å². The van der Waals surface area contributed by atoms with Crippen molar-refractivity contribution in [1.29, 1.82) is 0 Å². The van der Waals surface area contributed by atoms with Gasteiger partial charge in [-0.2, -0.15) is 4.39 Å². The number of carbonyl (C=O) groups is 1. The molecule has 3 N–H and O–H groups in total. The summed E-state index contributed by atoms with van der Waals surface area (Å²) >= 11 is 0. The van der Waals surface area contributed by atoms with Crippen LogP contribution in [0.1, 0.15) is 26.7 Å². The molecular weight excluding hydrogens is 209 g/mol. The van der Waals surface area contributed by atoms with E-state index in [-0.39, 0.29) is 11.7 Å². The van der Waals surface area contributed by atoms with E-state index in [1.165, 1.54) is 18.2 Å². The van der Waals surface area contributed by atoms with E-state index in [1.54, 1.807) is 6.92 Å². The van der Waals surface area contributed by atoms with Gasteiger partial charge < -0.3 is 11.1 Å². The molecule has 0 aromatic carbocycles. The fraction of sp³-hybridized carbons (Fsp3) is 0.455. The Balaban J connectivity index is 2.71. The molecule has 0 spiro atoms. The molecule has 1 aromatic heterocycles. The summed E-state index contributed by atoms with van der Waals surface area (Å²) in [7, 11) is 0. The summed E-state index contributed by atoms with van der Waals surface area (Å²) < 4.78 is 12.8. The Labute approximate surface area is 94.1 Å². The van der Waals surface area contributed by atoms with Crippen LogP contribution < -0.4 is 11.1 Å². The molecule has 4 nitrogen and oxygen atoms in total. The first-order valence-corrected chi connectivity index (χ1v) is 5.18. The van der Waals surface area contributed by atoms with E-state index in [0.717, 1.165) is 6.42 Å². The molecule has 1 atom stereocenters. The van der Waals surface area contributed by atoms with Gasteiger partial charge in [0, 0.05) is 0 Å². The lowest BCUT2D eigenvalue weighted by atomic mass is 9.96. The molecule has 0 radical (unpaired) electrons. The van der Waals surface area contributed by atoms with E-state index in [9.17, 15) is 9.18 Å². The molecule has 0 aliphatic rings. The number of rotatable bonds is 4. The Morgan fingerprint density at radius 3 is 2.88 bits per heavy atom. The van der Waals surface area contributed by atoms with E-state index >= 15 is 0 Å². The molecule has 1 aromatic rings. The number of nitrogens with two attached hydrogens (primary N) is 1. The maximum Gasteiger partial charge on any atom is 0.245 e. The van der Waals surface area contributed by atoms with Gasteiger partial charge in [0.05, 0.1) is 5.54 Å². The van der Waals surface area contributed by atoms with Crippen LogP contribution in [0.25, 0.3) is 0 Å². The third kappa shape index (κ3) is 3.27. The van der Waals surface area contributed by atoms with Gasteiger partial charge in [0.2, 0.25) is 11.9 Å². The largest absolute Gasteiger partial charge is 0.318 e. The van der Waals surface area contributed by atoms with Crippen LogP contribution in [0, 0.1) is 5.95 Å². The number of halogens is 1. The van der Waals surface area contributed by atoms with E-state index in [4.69, 9.17) is 5.73 Å². The average Bonchev–Trinajstić information content (AvgIpc) is 2.17. The van der Waals surface area contributed by atoms with Gasteiger partial charge in [-0.15, -0.1) is 0 Å². The molecular formula is C11H16FN3O. The highest BCUT2D eigenvalue weighted by molar-refractivity contribution is 5.96. The molecule has 1 heterocycles. The second-order valence-electron chi connectivity index (χ2n) is 3.97. The average molecular weight is 225 g/mol. The first kappa shape index (κ1) is 12.6. The fourth-order valence-electron chi connectivity index (χ4n) is 1.37. The number of aromatic nitrogens is 1.